The van der Waals surface area contributed by atoms with E-state index in [4.69, 9.17) is 10.8 Å². The molecule has 0 radical (unpaired) electrons. The van der Waals surface area contributed by atoms with Crippen LogP contribution in [0.1, 0.15) is 23.2 Å². The van der Waals surface area contributed by atoms with Gasteiger partial charge in [0.25, 0.3) is 0 Å². The Morgan fingerprint density at radius 3 is 3.00 bits per heavy atom. The molecule has 3 N–H and O–H groups in total. The van der Waals surface area contributed by atoms with E-state index >= 15 is 0 Å². The summed E-state index contributed by atoms with van der Waals surface area (Å²) in [5.74, 6) is -0.893. The van der Waals surface area contributed by atoms with Crippen molar-refractivity contribution >= 4 is 17.3 Å². The highest BCUT2D eigenvalue weighted by Gasteiger charge is 2.13. The summed E-state index contributed by atoms with van der Waals surface area (Å²) in [5, 5.41) is 11.0. The van der Waals surface area contributed by atoms with E-state index in [1.165, 1.54) is 11.3 Å². The SMILES string of the molecule is Cc1csc([C@@H](N)CC(=O)O)n1. The lowest BCUT2D eigenvalue weighted by Crippen LogP contribution is -2.14. The van der Waals surface area contributed by atoms with Crippen molar-refractivity contribution in [2.75, 3.05) is 0 Å². The number of carbonyl (C=O) groups is 1. The molecule has 0 unspecified atom stereocenters. The lowest BCUT2D eigenvalue weighted by Gasteiger charge is -2.02. The third kappa shape index (κ3) is 2.28. The number of aliphatic carboxylic acids is 1. The van der Waals surface area contributed by atoms with Gasteiger partial charge in [0, 0.05) is 11.1 Å². The third-order valence-corrected chi connectivity index (χ3v) is 2.44. The summed E-state index contributed by atoms with van der Waals surface area (Å²) in [7, 11) is 0. The van der Waals surface area contributed by atoms with Gasteiger partial charge in [0.15, 0.2) is 0 Å². The first-order chi connectivity index (χ1) is 5.59. The lowest BCUT2D eigenvalue weighted by molar-refractivity contribution is -0.137. The summed E-state index contributed by atoms with van der Waals surface area (Å²) in [6.07, 6.45) is -0.0625. The maximum atomic E-state index is 10.3. The molecule has 12 heavy (non-hydrogen) atoms. The van der Waals surface area contributed by atoms with Gasteiger partial charge in [-0.3, -0.25) is 4.79 Å². The van der Waals surface area contributed by atoms with Crippen LogP contribution in [0.4, 0.5) is 0 Å². The second-order valence-electron chi connectivity index (χ2n) is 2.53. The first kappa shape index (κ1) is 9.15. The molecule has 0 saturated carbocycles. The normalized spacial score (nSPS) is 12.8. The number of carboxylic acid groups (broad SMARTS) is 1. The largest absolute Gasteiger partial charge is 0.481 e. The number of aromatic nitrogens is 1. The molecule has 4 nitrogen and oxygen atoms in total. The first-order valence-electron chi connectivity index (χ1n) is 3.49. The topological polar surface area (TPSA) is 76.2 Å². The van der Waals surface area contributed by atoms with Crippen LogP contribution in [0.15, 0.2) is 5.38 Å². The standard InChI is InChI=1S/C7H10N2O2S/c1-4-3-12-7(9-4)5(8)2-6(10)11/h3,5H,2,8H2,1H3,(H,10,11)/t5-/m0/s1. The van der Waals surface area contributed by atoms with Crippen LogP contribution in [0.25, 0.3) is 0 Å². The van der Waals surface area contributed by atoms with Crippen LogP contribution in [0.2, 0.25) is 0 Å². The molecule has 0 aliphatic heterocycles. The zero-order valence-electron chi connectivity index (χ0n) is 6.65. The summed E-state index contributed by atoms with van der Waals surface area (Å²) in [6.45, 7) is 1.85. The van der Waals surface area contributed by atoms with Crippen LogP contribution in [-0.2, 0) is 4.79 Å². The molecule has 0 fully saturated rings. The summed E-state index contributed by atoms with van der Waals surface area (Å²) in [4.78, 5) is 14.4. The van der Waals surface area contributed by atoms with E-state index in [9.17, 15) is 4.79 Å². The molecule has 5 heteroatoms. The predicted molar refractivity (Wildman–Crippen MR) is 46.0 cm³/mol. The molecule has 0 aromatic carbocycles. The van der Waals surface area contributed by atoms with Crippen LogP contribution in [0.5, 0.6) is 0 Å². The Kier molecular flexibility index (Phi) is 2.78. The molecule has 0 spiro atoms. The van der Waals surface area contributed by atoms with Crippen molar-refractivity contribution < 1.29 is 9.90 Å². The quantitative estimate of drug-likeness (QED) is 0.736. The number of aryl methyl sites for hydroxylation is 1. The minimum absolute atomic E-state index is 0.0625. The van der Waals surface area contributed by atoms with Crippen molar-refractivity contribution in [1.82, 2.24) is 4.98 Å². The van der Waals surface area contributed by atoms with Crippen LogP contribution in [-0.4, -0.2) is 16.1 Å². The predicted octanol–water partition coefficient (Wildman–Crippen LogP) is 0.926. The van der Waals surface area contributed by atoms with E-state index in [-0.39, 0.29) is 6.42 Å². The summed E-state index contributed by atoms with van der Waals surface area (Å²) in [5.41, 5.74) is 6.46. The van der Waals surface area contributed by atoms with Crippen molar-refractivity contribution in [1.29, 1.82) is 0 Å². The Bertz CT molecular complexity index is 285. The third-order valence-electron chi connectivity index (χ3n) is 1.35. The zero-order chi connectivity index (χ0) is 9.14. The summed E-state index contributed by atoms with van der Waals surface area (Å²) < 4.78 is 0. The van der Waals surface area contributed by atoms with Gasteiger partial charge in [0.05, 0.1) is 12.5 Å². The molecule has 1 heterocycles. The van der Waals surface area contributed by atoms with E-state index in [1.54, 1.807) is 0 Å². The highest BCUT2D eigenvalue weighted by Crippen LogP contribution is 2.18. The number of thiazole rings is 1. The number of nitrogens with zero attached hydrogens (tertiary/aromatic N) is 1. The molecule has 0 aliphatic rings. The zero-order valence-corrected chi connectivity index (χ0v) is 7.47. The van der Waals surface area contributed by atoms with Gasteiger partial charge in [-0.05, 0) is 6.92 Å². The molecule has 0 saturated heterocycles. The Balaban J connectivity index is 2.64. The molecular weight excluding hydrogens is 176 g/mol. The highest BCUT2D eigenvalue weighted by molar-refractivity contribution is 7.09. The molecule has 0 amide bonds. The van der Waals surface area contributed by atoms with Crippen LogP contribution in [0, 0.1) is 6.92 Å². The number of nitrogens with two attached hydrogens (primary N) is 1. The fraction of sp³-hybridized carbons (Fsp3) is 0.429. The lowest BCUT2D eigenvalue weighted by atomic mass is 10.2. The number of hydrogen-bond acceptors (Lipinski definition) is 4. The first-order valence-corrected chi connectivity index (χ1v) is 4.37. The highest BCUT2D eigenvalue weighted by atomic mass is 32.1. The van der Waals surface area contributed by atoms with Gasteiger partial charge in [0.1, 0.15) is 5.01 Å². The monoisotopic (exact) mass is 186 g/mol. The van der Waals surface area contributed by atoms with E-state index < -0.39 is 12.0 Å². The van der Waals surface area contributed by atoms with E-state index in [1.807, 2.05) is 12.3 Å². The van der Waals surface area contributed by atoms with Crippen molar-refractivity contribution in [3.8, 4) is 0 Å². The Morgan fingerprint density at radius 2 is 2.58 bits per heavy atom. The maximum Gasteiger partial charge on any atom is 0.305 e. The molecule has 1 rings (SSSR count). The van der Waals surface area contributed by atoms with Gasteiger partial charge in [-0.25, -0.2) is 4.98 Å². The fourth-order valence-electron chi connectivity index (χ4n) is 0.818. The minimum Gasteiger partial charge on any atom is -0.481 e. The Morgan fingerprint density at radius 1 is 1.92 bits per heavy atom. The Hall–Kier alpha value is -0.940. The number of rotatable bonds is 3. The van der Waals surface area contributed by atoms with E-state index in [2.05, 4.69) is 4.98 Å². The van der Waals surface area contributed by atoms with Gasteiger partial charge < -0.3 is 10.8 Å². The van der Waals surface area contributed by atoms with Crippen molar-refractivity contribution in [2.24, 2.45) is 5.73 Å². The molecule has 0 aliphatic carbocycles. The smallest absolute Gasteiger partial charge is 0.305 e. The number of carboxylic acids is 1. The second-order valence-corrected chi connectivity index (χ2v) is 3.42. The second kappa shape index (κ2) is 3.64. The van der Waals surface area contributed by atoms with Crippen molar-refractivity contribution in [3.63, 3.8) is 0 Å². The average molecular weight is 186 g/mol. The molecule has 1 aromatic heterocycles. The van der Waals surface area contributed by atoms with Gasteiger partial charge in [-0.15, -0.1) is 11.3 Å². The van der Waals surface area contributed by atoms with Gasteiger partial charge in [0.2, 0.25) is 0 Å². The van der Waals surface area contributed by atoms with Crippen LogP contribution < -0.4 is 5.73 Å². The molecule has 1 atom stereocenters. The van der Waals surface area contributed by atoms with Crippen molar-refractivity contribution in [2.45, 2.75) is 19.4 Å². The summed E-state index contributed by atoms with van der Waals surface area (Å²) in [6, 6.07) is -0.471. The molecular formula is C7H10N2O2S. The van der Waals surface area contributed by atoms with Gasteiger partial charge in [-0.2, -0.15) is 0 Å². The summed E-state index contributed by atoms with van der Waals surface area (Å²) >= 11 is 1.40. The van der Waals surface area contributed by atoms with Crippen LogP contribution in [0.3, 0.4) is 0 Å². The van der Waals surface area contributed by atoms with Crippen molar-refractivity contribution in [3.05, 3.63) is 16.1 Å². The van der Waals surface area contributed by atoms with E-state index in [0.717, 1.165) is 5.69 Å². The molecule has 0 bridgehead atoms. The maximum absolute atomic E-state index is 10.3. The van der Waals surface area contributed by atoms with Gasteiger partial charge >= 0.3 is 5.97 Å². The van der Waals surface area contributed by atoms with Crippen LogP contribution >= 0.6 is 11.3 Å². The molecule has 66 valence electrons. The minimum atomic E-state index is -0.893. The van der Waals surface area contributed by atoms with Gasteiger partial charge in [-0.1, -0.05) is 0 Å². The molecule has 1 aromatic rings. The fourth-order valence-corrected chi connectivity index (χ4v) is 1.62. The van der Waals surface area contributed by atoms with E-state index in [0.29, 0.717) is 5.01 Å². The Labute approximate surface area is 74.0 Å². The number of hydrogen-bond donors (Lipinski definition) is 2. The average Bonchev–Trinajstić information content (AvgIpc) is 2.34.